The van der Waals surface area contributed by atoms with Crippen molar-refractivity contribution in [2.24, 2.45) is 56.2 Å². The molecule has 8 nitrogen and oxygen atoms in total. The minimum absolute atomic E-state index is 0.0235. The number of hydrogen-bond acceptors (Lipinski definition) is 7. The number of carboxylic acid groups (broad SMARTS) is 1. The number of carbonyl (C=O) groups excluding carboxylic acids is 2. The number of aliphatic carboxylic acids is 1. The van der Waals surface area contributed by atoms with Gasteiger partial charge in [0.05, 0.1) is 18.9 Å². The van der Waals surface area contributed by atoms with E-state index in [1.807, 2.05) is 26.0 Å². The van der Waals surface area contributed by atoms with Crippen molar-refractivity contribution >= 4 is 29.3 Å². The highest BCUT2D eigenvalue weighted by Gasteiger charge is 2.71. The van der Waals surface area contributed by atoms with Crippen LogP contribution in [0.25, 0.3) is 0 Å². The third-order valence-electron chi connectivity index (χ3n) is 17.2. The third kappa shape index (κ3) is 7.99. The van der Waals surface area contributed by atoms with Gasteiger partial charge >= 0.3 is 11.9 Å². The fourth-order valence-electron chi connectivity index (χ4n) is 14.2. The van der Waals surface area contributed by atoms with Gasteiger partial charge in [0.1, 0.15) is 6.10 Å². The second-order valence-corrected chi connectivity index (χ2v) is 22.7. The summed E-state index contributed by atoms with van der Waals surface area (Å²) in [6.07, 6.45) is 7.47. The van der Waals surface area contributed by atoms with Gasteiger partial charge < -0.3 is 19.8 Å². The van der Waals surface area contributed by atoms with Crippen molar-refractivity contribution in [2.75, 3.05) is 33.7 Å². The maximum atomic E-state index is 14.3. The van der Waals surface area contributed by atoms with Crippen molar-refractivity contribution in [2.45, 2.75) is 152 Å². The van der Waals surface area contributed by atoms with Gasteiger partial charge in [-0.25, -0.2) is 0 Å². The zero-order chi connectivity index (χ0) is 42.8. The molecule has 6 rings (SSSR count). The number of carboxylic acids is 1. The Balaban J connectivity index is 1.27. The summed E-state index contributed by atoms with van der Waals surface area (Å²) in [6, 6.07) is 8.01. The first-order valence-electron chi connectivity index (χ1n) is 22.4. The third-order valence-corrected chi connectivity index (χ3v) is 17.5. The standard InChI is InChI=1S/C49H75ClN2O6/c1-31(2)42-35(53)26-49(38(54)30-52(25-24-51(10)11)29-32-12-14-33(50)15-13-32)23-22-47(8)34(43(42)49)16-17-37-46(7)20-19-39(45(5,6)36(46)18-21-48(37,47)9)58-41(57)28-44(3,4)27-40(55)56/h12-15,31,34,36-39,54H,16-30H2,1-11H3,(H,55,56). The average molecular weight is 824 g/mol. The number of halogens is 1. The molecule has 5 aliphatic carbocycles. The van der Waals surface area contributed by atoms with Crippen LogP contribution in [0.2, 0.25) is 5.02 Å². The van der Waals surface area contributed by atoms with Gasteiger partial charge in [-0.2, -0.15) is 0 Å². The highest BCUT2D eigenvalue weighted by atomic mass is 35.5. The lowest BCUT2D eigenvalue weighted by Gasteiger charge is -2.72. The zero-order valence-corrected chi connectivity index (χ0v) is 38.4. The number of esters is 1. The Hall–Kier alpha value is -2.26. The molecular formula is C49H75ClN2O6. The molecule has 1 aromatic carbocycles. The van der Waals surface area contributed by atoms with E-state index < -0.39 is 22.9 Å². The molecule has 0 saturated heterocycles. The van der Waals surface area contributed by atoms with Gasteiger partial charge in [-0.3, -0.25) is 19.3 Å². The number of ether oxygens (including phenoxy) is 1. The molecule has 0 bridgehead atoms. The van der Waals surface area contributed by atoms with Crippen LogP contribution in [0.1, 0.15) is 139 Å². The van der Waals surface area contributed by atoms with Gasteiger partial charge in [0.25, 0.3) is 0 Å². The summed E-state index contributed by atoms with van der Waals surface area (Å²) >= 11 is 6.25. The number of allylic oxidation sites excluding steroid dienone is 1. The molecule has 1 aromatic rings. The first-order chi connectivity index (χ1) is 26.9. The Morgan fingerprint density at radius 3 is 2.19 bits per heavy atom. The fraction of sp³-hybridized carbons (Fsp3) is 0.776. The molecule has 9 atom stereocenters. The smallest absolute Gasteiger partial charge is 0.306 e. The first-order valence-corrected chi connectivity index (χ1v) is 22.8. The van der Waals surface area contributed by atoms with Crippen molar-refractivity contribution in [3.63, 3.8) is 0 Å². The molecule has 0 spiro atoms. The zero-order valence-electron chi connectivity index (χ0n) is 37.7. The molecule has 4 fully saturated rings. The number of ketones is 1. The summed E-state index contributed by atoms with van der Waals surface area (Å²) in [6.45, 7) is 23.2. The van der Waals surface area contributed by atoms with Crippen molar-refractivity contribution in [1.82, 2.24) is 9.80 Å². The molecule has 324 valence electrons. The van der Waals surface area contributed by atoms with E-state index in [-0.39, 0.29) is 64.2 Å². The lowest BCUT2D eigenvalue weighted by atomic mass is 9.33. The van der Waals surface area contributed by atoms with Crippen LogP contribution < -0.4 is 0 Å². The number of fused-ring (bicyclic) bond motifs is 7. The summed E-state index contributed by atoms with van der Waals surface area (Å²) in [4.78, 5) is 43.7. The second kappa shape index (κ2) is 16.2. The number of aliphatic hydroxyl groups is 1. The lowest BCUT2D eigenvalue weighted by Crippen LogP contribution is -2.66. The summed E-state index contributed by atoms with van der Waals surface area (Å²) in [7, 11) is 4.17. The maximum absolute atomic E-state index is 14.3. The number of likely N-dealkylation sites (N-methyl/N-ethyl adjacent to an activating group) is 1. The molecule has 5 aliphatic rings. The molecule has 58 heavy (non-hydrogen) atoms. The minimum atomic E-state index is -0.899. The number of hydrogen-bond donors (Lipinski definition) is 2. The number of aliphatic hydroxyl groups excluding tert-OH is 1. The van der Waals surface area contributed by atoms with Gasteiger partial charge in [-0.15, -0.1) is 0 Å². The van der Waals surface area contributed by atoms with Gasteiger partial charge in [-0.1, -0.05) is 91.6 Å². The van der Waals surface area contributed by atoms with E-state index in [1.165, 1.54) is 5.57 Å². The second-order valence-electron chi connectivity index (χ2n) is 22.3. The SMILES string of the molecule is CC(C)C1=C2C3CCC4C5(C)CCC(OC(=O)CC(C)(C)CC(=O)O)C(C)(C)C5CCC4(C)C3(C)CCC2(C(O)CN(CCN(C)C)Cc2ccc(Cl)cc2)CC1=O. The predicted octanol–water partition coefficient (Wildman–Crippen LogP) is 9.85. The molecule has 0 aromatic heterocycles. The van der Waals surface area contributed by atoms with Crippen molar-refractivity contribution in [3.8, 4) is 0 Å². The molecule has 9 heteroatoms. The highest BCUT2D eigenvalue weighted by Crippen LogP contribution is 2.77. The van der Waals surface area contributed by atoms with E-state index in [9.17, 15) is 24.6 Å². The lowest BCUT2D eigenvalue weighted by molar-refractivity contribution is -0.235. The number of carbonyl (C=O) groups is 3. The van der Waals surface area contributed by atoms with Gasteiger partial charge in [0.2, 0.25) is 0 Å². The number of Topliss-reactive ketones (excluding diaryl/α,β-unsaturated/α-hetero) is 1. The number of rotatable bonds is 14. The molecular weight excluding hydrogens is 748 g/mol. The average Bonchev–Trinajstić information content (AvgIpc) is 3.42. The quantitative estimate of drug-likeness (QED) is 0.179. The number of nitrogens with zero attached hydrogens (tertiary/aromatic N) is 2. The molecule has 0 aliphatic heterocycles. The van der Waals surface area contributed by atoms with Crippen LogP contribution in [0, 0.1) is 56.2 Å². The normalized spacial score (nSPS) is 35.1. The Morgan fingerprint density at radius 2 is 1.57 bits per heavy atom. The fourth-order valence-corrected chi connectivity index (χ4v) is 14.3. The van der Waals surface area contributed by atoms with Crippen LogP contribution in [-0.4, -0.2) is 83.7 Å². The summed E-state index contributed by atoms with van der Waals surface area (Å²) in [5.41, 5.74) is 2.13. The van der Waals surface area contributed by atoms with Crippen LogP contribution in [0.3, 0.4) is 0 Å². The summed E-state index contributed by atoms with van der Waals surface area (Å²) in [5.74, 6) is 0.272. The Morgan fingerprint density at radius 1 is 0.897 bits per heavy atom. The van der Waals surface area contributed by atoms with Crippen molar-refractivity contribution in [3.05, 3.63) is 46.0 Å². The van der Waals surface area contributed by atoms with Crippen LogP contribution in [0.15, 0.2) is 35.4 Å². The van der Waals surface area contributed by atoms with E-state index >= 15 is 0 Å². The molecule has 0 heterocycles. The minimum Gasteiger partial charge on any atom is -0.481 e. The molecule has 4 saturated carbocycles. The molecule has 0 radical (unpaired) electrons. The first kappa shape index (κ1) is 45.3. The van der Waals surface area contributed by atoms with Crippen molar-refractivity contribution in [1.29, 1.82) is 0 Å². The van der Waals surface area contributed by atoms with Gasteiger partial charge in [0.15, 0.2) is 5.78 Å². The van der Waals surface area contributed by atoms with E-state index in [4.69, 9.17) is 16.3 Å². The van der Waals surface area contributed by atoms with E-state index in [2.05, 4.69) is 84.5 Å². The largest absolute Gasteiger partial charge is 0.481 e. The maximum Gasteiger partial charge on any atom is 0.306 e. The van der Waals surface area contributed by atoms with Gasteiger partial charge in [-0.05, 0) is 134 Å². The topological polar surface area (TPSA) is 107 Å². The van der Waals surface area contributed by atoms with Crippen molar-refractivity contribution < 1.29 is 29.3 Å². The number of benzene rings is 1. The van der Waals surface area contributed by atoms with Crippen LogP contribution in [-0.2, 0) is 25.7 Å². The highest BCUT2D eigenvalue weighted by molar-refractivity contribution is 6.30. The van der Waals surface area contributed by atoms with E-state index in [1.54, 1.807) is 0 Å². The Bertz CT molecular complexity index is 1750. The van der Waals surface area contributed by atoms with Crippen LogP contribution >= 0.6 is 11.6 Å². The van der Waals surface area contributed by atoms with E-state index in [0.29, 0.717) is 36.4 Å². The summed E-state index contributed by atoms with van der Waals surface area (Å²) < 4.78 is 6.30. The molecule has 9 unspecified atom stereocenters. The summed E-state index contributed by atoms with van der Waals surface area (Å²) in [5, 5.41) is 22.8. The Kier molecular flexibility index (Phi) is 12.7. The molecule has 0 amide bonds. The van der Waals surface area contributed by atoms with Crippen LogP contribution in [0.5, 0.6) is 0 Å². The Labute approximate surface area is 354 Å². The molecule has 2 N–H and O–H groups in total. The van der Waals surface area contributed by atoms with Gasteiger partial charge in [0, 0.05) is 48.5 Å². The monoisotopic (exact) mass is 823 g/mol. The van der Waals surface area contributed by atoms with Crippen LogP contribution in [0.4, 0.5) is 0 Å². The predicted molar refractivity (Wildman–Crippen MR) is 231 cm³/mol. The van der Waals surface area contributed by atoms with E-state index in [0.717, 1.165) is 75.6 Å².